The second-order valence-corrected chi connectivity index (χ2v) is 4.47. The van der Waals surface area contributed by atoms with Gasteiger partial charge in [-0.1, -0.05) is 23.5 Å². The van der Waals surface area contributed by atoms with Crippen LogP contribution in [-0.2, 0) is 13.0 Å². The first-order valence-corrected chi connectivity index (χ1v) is 6.34. The Morgan fingerprint density at radius 2 is 2.33 bits per heavy atom. The Balaban J connectivity index is 2.16. The zero-order valence-electron chi connectivity index (χ0n) is 9.88. The minimum Gasteiger partial charge on any atom is -0.392 e. The number of hydrogen-bond acceptors (Lipinski definition) is 5. The lowest BCUT2D eigenvalue weighted by Gasteiger charge is -2.05. The molecule has 0 radical (unpaired) electrons. The number of rotatable bonds is 4. The van der Waals surface area contributed by atoms with Gasteiger partial charge in [0.05, 0.1) is 12.3 Å². The van der Waals surface area contributed by atoms with Crippen molar-refractivity contribution in [2.24, 2.45) is 0 Å². The first-order valence-electron chi connectivity index (χ1n) is 5.57. The maximum Gasteiger partial charge on any atom is 0.269 e. The number of hydrogen-bond donors (Lipinski definition) is 2. The summed E-state index contributed by atoms with van der Waals surface area (Å²) in [6, 6.07) is 7.09. The van der Waals surface area contributed by atoms with Crippen LogP contribution in [-0.4, -0.2) is 20.6 Å². The molecule has 94 valence electrons. The fourth-order valence-corrected chi connectivity index (χ4v) is 2.19. The molecule has 1 heterocycles. The van der Waals surface area contributed by atoms with E-state index in [1.165, 1.54) is 0 Å². The summed E-state index contributed by atoms with van der Waals surface area (Å²) in [5.41, 5.74) is 2.11. The predicted molar refractivity (Wildman–Crippen MR) is 69.6 cm³/mol. The van der Waals surface area contributed by atoms with Crippen LogP contribution >= 0.6 is 11.5 Å². The standard InChI is InChI=1S/C12H13N3O2S/c1-2-10-11(18-15-14-10)12(17)13-9-5-3-4-8(6-9)7-16/h3-6,16H,2,7H2,1H3,(H,13,17). The number of anilines is 1. The van der Waals surface area contributed by atoms with Crippen molar-refractivity contribution >= 4 is 23.1 Å². The summed E-state index contributed by atoms with van der Waals surface area (Å²) in [6.07, 6.45) is 0.677. The molecular formula is C12H13N3O2S. The largest absolute Gasteiger partial charge is 0.392 e. The minimum absolute atomic E-state index is 0.0496. The summed E-state index contributed by atoms with van der Waals surface area (Å²) in [6.45, 7) is 1.88. The van der Waals surface area contributed by atoms with Crippen molar-refractivity contribution in [2.45, 2.75) is 20.0 Å². The number of aliphatic hydroxyl groups is 1. The Morgan fingerprint density at radius 3 is 3.06 bits per heavy atom. The third kappa shape index (κ3) is 2.72. The molecule has 0 fully saturated rings. The number of aromatic nitrogens is 2. The Labute approximate surface area is 109 Å². The number of nitrogens with one attached hydrogen (secondary N) is 1. The lowest BCUT2D eigenvalue weighted by molar-refractivity contribution is 0.102. The smallest absolute Gasteiger partial charge is 0.269 e. The molecule has 0 atom stereocenters. The molecule has 2 N–H and O–H groups in total. The van der Waals surface area contributed by atoms with Gasteiger partial charge in [-0.2, -0.15) is 0 Å². The predicted octanol–water partition coefficient (Wildman–Crippen LogP) is 1.85. The summed E-state index contributed by atoms with van der Waals surface area (Å²) in [7, 11) is 0. The van der Waals surface area contributed by atoms with Crippen molar-refractivity contribution in [3.05, 3.63) is 40.4 Å². The second-order valence-electron chi connectivity index (χ2n) is 3.71. The molecule has 2 rings (SSSR count). The number of carbonyl (C=O) groups is 1. The number of nitrogens with zero attached hydrogens (tertiary/aromatic N) is 2. The van der Waals surface area contributed by atoms with Crippen molar-refractivity contribution in [2.75, 3.05) is 5.32 Å². The van der Waals surface area contributed by atoms with Gasteiger partial charge in [0.25, 0.3) is 5.91 Å². The van der Waals surface area contributed by atoms with Gasteiger partial charge in [0.2, 0.25) is 0 Å². The Morgan fingerprint density at radius 1 is 1.50 bits per heavy atom. The highest BCUT2D eigenvalue weighted by atomic mass is 32.1. The van der Waals surface area contributed by atoms with E-state index in [9.17, 15) is 4.79 Å². The van der Waals surface area contributed by atoms with Crippen LogP contribution in [0, 0.1) is 0 Å². The Bertz CT molecular complexity index is 554. The topological polar surface area (TPSA) is 75.1 Å². The number of amides is 1. The van der Waals surface area contributed by atoms with Crippen LogP contribution in [0.3, 0.4) is 0 Å². The summed E-state index contributed by atoms with van der Waals surface area (Å²) in [5, 5.41) is 15.7. The van der Waals surface area contributed by atoms with Gasteiger partial charge in [-0.05, 0) is 35.6 Å². The van der Waals surface area contributed by atoms with Gasteiger partial charge >= 0.3 is 0 Å². The average Bonchev–Trinajstić information content (AvgIpc) is 2.87. The van der Waals surface area contributed by atoms with Crippen LogP contribution in [0.25, 0.3) is 0 Å². The number of aliphatic hydroxyl groups excluding tert-OH is 1. The molecule has 1 aromatic heterocycles. The monoisotopic (exact) mass is 263 g/mol. The van der Waals surface area contributed by atoms with Gasteiger partial charge in [0.1, 0.15) is 4.88 Å². The first kappa shape index (κ1) is 12.7. The summed E-state index contributed by atoms with van der Waals surface area (Å²) >= 11 is 1.09. The molecule has 18 heavy (non-hydrogen) atoms. The van der Waals surface area contributed by atoms with Crippen LogP contribution in [0.15, 0.2) is 24.3 Å². The van der Waals surface area contributed by atoms with Gasteiger partial charge in [-0.25, -0.2) is 0 Å². The van der Waals surface area contributed by atoms with Gasteiger partial charge in [0.15, 0.2) is 0 Å². The molecule has 0 saturated heterocycles. The van der Waals surface area contributed by atoms with Crippen molar-refractivity contribution in [3.63, 3.8) is 0 Å². The summed E-state index contributed by atoms with van der Waals surface area (Å²) in [4.78, 5) is 12.5. The van der Waals surface area contributed by atoms with Crippen molar-refractivity contribution in [1.82, 2.24) is 9.59 Å². The van der Waals surface area contributed by atoms with E-state index in [-0.39, 0.29) is 12.5 Å². The molecular weight excluding hydrogens is 250 g/mol. The van der Waals surface area contributed by atoms with Crippen LogP contribution in [0.2, 0.25) is 0 Å². The molecule has 6 heteroatoms. The van der Waals surface area contributed by atoms with Crippen molar-refractivity contribution < 1.29 is 9.90 Å². The van der Waals surface area contributed by atoms with E-state index in [1.807, 2.05) is 6.92 Å². The number of benzene rings is 1. The van der Waals surface area contributed by atoms with Crippen LogP contribution in [0.1, 0.15) is 27.9 Å². The molecule has 0 aliphatic rings. The maximum atomic E-state index is 12.0. The van der Waals surface area contributed by atoms with E-state index in [1.54, 1.807) is 24.3 Å². The van der Waals surface area contributed by atoms with E-state index >= 15 is 0 Å². The molecule has 1 aromatic carbocycles. The third-order valence-corrected chi connectivity index (χ3v) is 3.23. The fourth-order valence-electron chi connectivity index (χ4n) is 1.55. The fraction of sp³-hybridized carbons (Fsp3) is 0.250. The quantitative estimate of drug-likeness (QED) is 0.882. The van der Waals surface area contributed by atoms with E-state index in [2.05, 4.69) is 14.9 Å². The summed E-state index contributed by atoms with van der Waals surface area (Å²) in [5.74, 6) is -0.211. The Hall–Kier alpha value is -1.79. The molecule has 1 amide bonds. The highest BCUT2D eigenvalue weighted by molar-refractivity contribution is 7.08. The molecule has 0 unspecified atom stereocenters. The lowest BCUT2D eigenvalue weighted by Crippen LogP contribution is -2.12. The van der Waals surface area contributed by atoms with Crippen LogP contribution in [0.5, 0.6) is 0 Å². The number of aryl methyl sites for hydroxylation is 1. The normalized spacial score (nSPS) is 10.3. The van der Waals surface area contributed by atoms with Crippen molar-refractivity contribution in [1.29, 1.82) is 0 Å². The minimum atomic E-state index is -0.211. The summed E-state index contributed by atoms with van der Waals surface area (Å²) < 4.78 is 3.78. The first-order chi connectivity index (χ1) is 8.74. The maximum absolute atomic E-state index is 12.0. The van der Waals surface area contributed by atoms with Gasteiger partial charge in [-0.3, -0.25) is 4.79 Å². The van der Waals surface area contributed by atoms with E-state index in [0.717, 1.165) is 17.1 Å². The van der Waals surface area contributed by atoms with Gasteiger partial charge < -0.3 is 10.4 Å². The Kier molecular flexibility index (Phi) is 4.01. The van der Waals surface area contributed by atoms with Gasteiger partial charge in [-0.15, -0.1) is 5.10 Å². The van der Waals surface area contributed by atoms with E-state index in [4.69, 9.17) is 5.11 Å². The van der Waals surface area contributed by atoms with Crippen LogP contribution < -0.4 is 5.32 Å². The molecule has 5 nitrogen and oxygen atoms in total. The molecule has 0 saturated carbocycles. The highest BCUT2D eigenvalue weighted by Gasteiger charge is 2.14. The van der Waals surface area contributed by atoms with E-state index < -0.39 is 0 Å². The molecule has 0 aliphatic carbocycles. The second kappa shape index (κ2) is 5.70. The van der Waals surface area contributed by atoms with Crippen molar-refractivity contribution in [3.8, 4) is 0 Å². The molecule has 2 aromatic rings. The average molecular weight is 263 g/mol. The molecule has 0 spiro atoms. The molecule has 0 bridgehead atoms. The molecule has 0 aliphatic heterocycles. The highest BCUT2D eigenvalue weighted by Crippen LogP contribution is 2.16. The zero-order valence-corrected chi connectivity index (χ0v) is 10.7. The SMILES string of the molecule is CCc1nnsc1C(=O)Nc1cccc(CO)c1. The third-order valence-electron chi connectivity index (χ3n) is 2.46. The number of carbonyl (C=O) groups excluding carboxylic acids is 1. The zero-order chi connectivity index (χ0) is 13.0. The van der Waals surface area contributed by atoms with E-state index in [0.29, 0.717) is 22.7 Å². The lowest BCUT2D eigenvalue weighted by atomic mass is 10.2. The van der Waals surface area contributed by atoms with Gasteiger partial charge in [0, 0.05) is 5.69 Å². The van der Waals surface area contributed by atoms with Crippen LogP contribution in [0.4, 0.5) is 5.69 Å².